The maximum Gasteiger partial charge on any atom is 0.255 e. The fourth-order valence-electron chi connectivity index (χ4n) is 4.38. The third-order valence-electron chi connectivity index (χ3n) is 6.44. The van der Waals surface area contributed by atoms with Crippen molar-refractivity contribution in [2.75, 3.05) is 6.54 Å². The van der Waals surface area contributed by atoms with Crippen molar-refractivity contribution in [3.8, 4) is 5.75 Å². The molecule has 33 heavy (non-hydrogen) atoms. The fourth-order valence-corrected chi connectivity index (χ4v) is 4.38. The minimum absolute atomic E-state index is 0.0784. The Kier molecular flexibility index (Phi) is 13.4. The number of carbonyl (C=O) groups is 1. The Hall–Kier alpha value is -2.29. The van der Waals surface area contributed by atoms with Gasteiger partial charge in [-0.25, -0.2) is 0 Å². The van der Waals surface area contributed by atoms with E-state index in [4.69, 9.17) is 0 Å². The summed E-state index contributed by atoms with van der Waals surface area (Å²) in [6, 6.07) is 9.45. The SMILES string of the molecule is CCCCCCCC/C=C/CCCCCCCCNC(=O)c1cc(C)c2ccccc2c1O. The van der Waals surface area contributed by atoms with Crippen molar-refractivity contribution in [2.45, 2.75) is 104 Å². The first-order valence-electron chi connectivity index (χ1n) is 13.3. The Bertz CT molecular complexity index is 856. The maximum absolute atomic E-state index is 12.5. The Morgan fingerprint density at radius 3 is 2.00 bits per heavy atom. The Morgan fingerprint density at radius 2 is 1.36 bits per heavy atom. The lowest BCUT2D eigenvalue weighted by Crippen LogP contribution is -2.24. The molecule has 0 aromatic heterocycles. The highest BCUT2D eigenvalue weighted by Gasteiger charge is 2.15. The van der Waals surface area contributed by atoms with Crippen LogP contribution < -0.4 is 5.32 Å². The number of hydrogen-bond donors (Lipinski definition) is 2. The Morgan fingerprint density at radius 1 is 0.818 bits per heavy atom. The molecule has 0 aliphatic carbocycles. The van der Waals surface area contributed by atoms with Crippen LogP contribution >= 0.6 is 0 Å². The molecule has 0 saturated carbocycles. The van der Waals surface area contributed by atoms with E-state index in [1.807, 2.05) is 31.2 Å². The molecule has 182 valence electrons. The van der Waals surface area contributed by atoms with Crippen molar-refractivity contribution in [3.63, 3.8) is 0 Å². The van der Waals surface area contributed by atoms with Crippen molar-refractivity contribution in [1.29, 1.82) is 0 Å². The zero-order chi connectivity index (χ0) is 23.7. The lowest BCUT2D eigenvalue weighted by Gasteiger charge is -2.11. The number of nitrogens with one attached hydrogen (secondary N) is 1. The highest BCUT2D eigenvalue weighted by molar-refractivity contribution is 6.04. The number of hydrogen-bond acceptors (Lipinski definition) is 2. The molecule has 0 atom stereocenters. The minimum atomic E-state index is -0.186. The molecule has 3 nitrogen and oxygen atoms in total. The molecule has 0 radical (unpaired) electrons. The van der Waals surface area contributed by atoms with Gasteiger partial charge in [0, 0.05) is 11.9 Å². The van der Waals surface area contributed by atoms with Crippen LogP contribution in [0.5, 0.6) is 5.75 Å². The van der Waals surface area contributed by atoms with E-state index in [-0.39, 0.29) is 11.7 Å². The van der Waals surface area contributed by atoms with E-state index in [0.717, 1.165) is 29.2 Å². The molecule has 2 rings (SSSR count). The molecule has 3 heteroatoms. The number of unbranched alkanes of at least 4 members (excludes halogenated alkanes) is 12. The predicted octanol–water partition coefficient (Wildman–Crippen LogP) is 8.62. The highest BCUT2D eigenvalue weighted by Crippen LogP contribution is 2.31. The van der Waals surface area contributed by atoms with Gasteiger partial charge in [0.1, 0.15) is 5.75 Å². The first-order chi connectivity index (χ1) is 16.1. The number of carbonyl (C=O) groups excluding carboxylic acids is 1. The molecule has 0 bridgehead atoms. The van der Waals surface area contributed by atoms with Crippen molar-refractivity contribution < 1.29 is 9.90 Å². The van der Waals surface area contributed by atoms with Gasteiger partial charge in [-0.15, -0.1) is 0 Å². The number of rotatable bonds is 17. The number of amides is 1. The van der Waals surface area contributed by atoms with E-state index >= 15 is 0 Å². The van der Waals surface area contributed by atoms with Crippen LogP contribution in [0.15, 0.2) is 42.5 Å². The number of benzene rings is 2. The standard InChI is InChI=1S/C30H45NO2/c1-3-4-5-6-7-8-9-10-11-12-13-14-15-16-17-20-23-31-30(33)28-24-25(2)26-21-18-19-22-27(26)29(28)32/h10-11,18-19,21-22,24,32H,3-9,12-17,20,23H2,1-2H3,(H,31,33)/b11-10+. The first kappa shape index (κ1) is 27.0. The molecule has 0 fully saturated rings. The molecule has 0 unspecified atom stereocenters. The monoisotopic (exact) mass is 451 g/mol. The predicted molar refractivity (Wildman–Crippen MR) is 142 cm³/mol. The van der Waals surface area contributed by atoms with Gasteiger partial charge in [0.2, 0.25) is 0 Å². The third kappa shape index (κ3) is 10.0. The average molecular weight is 452 g/mol. The molecule has 0 spiro atoms. The number of aromatic hydroxyl groups is 1. The summed E-state index contributed by atoms with van der Waals surface area (Å²) in [5.41, 5.74) is 1.38. The smallest absolute Gasteiger partial charge is 0.255 e. The van der Waals surface area contributed by atoms with E-state index in [0.29, 0.717) is 12.1 Å². The van der Waals surface area contributed by atoms with Gasteiger partial charge < -0.3 is 10.4 Å². The van der Waals surface area contributed by atoms with Crippen molar-refractivity contribution in [3.05, 3.63) is 53.6 Å². The van der Waals surface area contributed by atoms with Gasteiger partial charge in [0.05, 0.1) is 5.56 Å². The third-order valence-corrected chi connectivity index (χ3v) is 6.44. The van der Waals surface area contributed by atoms with Crippen LogP contribution in [0, 0.1) is 6.92 Å². The fraction of sp³-hybridized carbons (Fsp3) is 0.567. The highest BCUT2D eigenvalue weighted by atomic mass is 16.3. The largest absolute Gasteiger partial charge is 0.506 e. The molecule has 2 aromatic carbocycles. The summed E-state index contributed by atoms with van der Waals surface area (Å²) in [7, 11) is 0. The van der Waals surface area contributed by atoms with Crippen molar-refractivity contribution >= 4 is 16.7 Å². The molecule has 1 amide bonds. The van der Waals surface area contributed by atoms with E-state index < -0.39 is 0 Å². The van der Waals surface area contributed by atoms with Crippen LogP contribution in [-0.2, 0) is 0 Å². The molecular formula is C30H45NO2. The van der Waals surface area contributed by atoms with Gasteiger partial charge in [0.15, 0.2) is 0 Å². The lowest BCUT2D eigenvalue weighted by molar-refractivity contribution is 0.0950. The quantitative estimate of drug-likeness (QED) is 0.187. The topological polar surface area (TPSA) is 49.3 Å². The van der Waals surface area contributed by atoms with Crippen LogP contribution in [0.2, 0.25) is 0 Å². The summed E-state index contributed by atoms with van der Waals surface area (Å²) in [5, 5.41) is 15.2. The van der Waals surface area contributed by atoms with Gasteiger partial charge in [-0.1, -0.05) is 101 Å². The number of aryl methyl sites for hydroxylation is 1. The summed E-state index contributed by atoms with van der Waals surface area (Å²) in [6.45, 7) is 4.90. The van der Waals surface area contributed by atoms with Gasteiger partial charge in [-0.2, -0.15) is 0 Å². The summed E-state index contributed by atoms with van der Waals surface area (Å²) >= 11 is 0. The van der Waals surface area contributed by atoms with Gasteiger partial charge >= 0.3 is 0 Å². The summed E-state index contributed by atoms with van der Waals surface area (Å²) in [4.78, 5) is 12.5. The average Bonchev–Trinajstić information content (AvgIpc) is 2.83. The second kappa shape index (κ2) is 16.3. The molecule has 0 aliphatic heterocycles. The second-order valence-corrected chi connectivity index (χ2v) is 9.33. The second-order valence-electron chi connectivity index (χ2n) is 9.33. The lowest BCUT2D eigenvalue weighted by atomic mass is 10.00. The van der Waals surface area contributed by atoms with Gasteiger partial charge in [-0.05, 0) is 56.0 Å². The van der Waals surface area contributed by atoms with Crippen LogP contribution in [0.25, 0.3) is 10.8 Å². The van der Waals surface area contributed by atoms with Crippen LogP contribution in [0.3, 0.4) is 0 Å². The zero-order valence-electron chi connectivity index (χ0n) is 21.0. The van der Waals surface area contributed by atoms with Gasteiger partial charge in [-0.3, -0.25) is 4.79 Å². The van der Waals surface area contributed by atoms with E-state index in [1.54, 1.807) is 6.07 Å². The van der Waals surface area contributed by atoms with Crippen molar-refractivity contribution in [2.24, 2.45) is 0 Å². The molecule has 0 aliphatic rings. The van der Waals surface area contributed by atoms with Crippen LogP contribution in [0.1, 0.15) is 113 Å². The summed E-state index contributed by atoms with van der Waals surface area (Å²) < 4.78 is 0. The molecular weight excluding hydrogens is 406 g/mol. The number of allylic oxidation sites excluding steroid dienone is 2. The van der Waals surface area contributed by atoms with E-state index in [1.165, 1.54) is 77.0 Å². The van der Waals surface area contributed by atoms with Crippen LogP contribution in [-0.4, -0.2) is 17.6 Å². The maximum atomic E-state index is 12.5. The number of fused-ring (bicyclic) bond motifs is 1. The Labute approximate surface area is 201 Å². The van der Waals surface area contributed by atoms with Crippen molar-refractivity contribution in [1.82, 2.24) is 5.32 Å². The van der Waals surface area contributed by atoms with Crippen LogP contribution in [0.4, 0.5) is 0 Å². The summed E-state index contributed by atoms with van der Waals surface area (Å²) in [6.07, 6.45) is 22.6. The normalized spacial score (nSPS) is 11.5. The Balaban J connectivity index is 1.49. The molecule has 0 saturated heterocycles. The summed E-state index contributed by atoms with van der Waals surface area (Å²) in [5.74, 6) is -0.108. The number of phenols is 1. The molecule has 0 heterocycles. The molecule has 2 aromatic rings. The van der Waals surface area contributed by atoms with E-state index in [9.17, 15) is 9.90 Å². The van der Waals surface area contributed by atoms with Gasteiger partial charge in [0.25, 0.3) is 5.91 Å². The number of phenolic OH excluding ortho intramolecular Hbond substituents is 1. The van der Waals surface area contributed by atoms with E-state index in [2.05, 4.69) is 24.4 Å². The zero-order valence-corrected chi connectivity index (χ0v) is 21.0. The first-order valence-corrected chi connectivity index (χ1v) is 13.3. The minimum Gasteiger partial charge on any atom is -0.506 e. The molecule has 2 N–H and O–H groups in total.